The summed E-state index contributed by atoms with van der Waals surface area (Å²) < 4.78 is 6.65. The molecule has 2 aromatic carbocycles. The number of likely N-dealkylation sites (N-methyl/N-ethyl adjacent to an activating group) is 1. The first-order chi connectivity index (χ1) is 13.0. The number of amides is 1. The van der Waals surface area contributed by atoms with Crippen molar-refractivity contribution in [3.05, 3.63) is 69.9 Å². The van der Waals surface area contributed by atoms with Gasteiger partial charge in [-0.15, -0.1) is 0 Å². The van der Waals surface area contributed by atoms with E-state index < -0.39 is 5.91 Å². The minimum absolute atomic E-state index is 0.280. The van der Waals surface area contributed by atoms with Crippen LogP contribution in [0.3, 0.4) is 0 Å². The number of quaternary nitrogens is 1. The van der Waals surface area contributed by atoms with Gasteiger partial charge >= 0.3 is 0 Å². The molecule has 0 spiro atoms. The topological polar surface area (TPSA) is 56.2 Å². The van der Waals surface area contributed by atoms with Gasteiger partial charge in [0, 0.05) is 23.3 Å². The van der Waals surface area contributed by atoms with Gasteiger partial charge in [-0.25, -0.2) is 0 Å². The maximum absolute atomic E-state index is 12.0. The van der Waals surface area contributed by atoms with Crippen LogP contribution in [0.15, 0.2) is 46.9 Å². The largest absolute Gasteiger partial charge is 0.450 e. The Bertz CT molecular complexity index is 996. The summed E-state index contributed by atoms with van der Waals surface area (Å²) in [6.45, 7) is 2.72. The molecule has 0 bridgehead atoms. The Morgan fingerprint density at radius 1 is 1.19 bits per heavy atom. The van der Waals surface area contributed by atoms with E-state index in [2.05, 4.69) is 31.3 Å². The lowest BCUT2D eigenvalue weighted by molar-refractivity contribution is -0.922. The number of nitrogens with zero attached hydrogens (tertiary/aromatic N) is 1. The van der Waals surface area contributed by atoms with E-state index in [1.54, 1.807) is 0 Å². The second kappa shape index (κ2) is 7.02. The Kier molecular flexibility index (Phi) is 4.70. The predicted molar refractivity (Wildman–Crippen MR) is 108 cm³/mol. The van der Waals surface area contributed by atoms with E-state index in [1.165, 1.54) is 5.56 Å². The smallest absolute Gasteiger partial charge is 0.284 e. The molecule has 4 nitrogen and oxygen atoms in total. The number of aryl methyl sites for hydroxylation is 1. The van der Waals surface area contributed by atoms with Crippen LogP contribution in [-0.2, 0) is 19.4 Å². The average molecular weight is 384 g/mol. The molecule has 5 heteroatoms. The van der Waals surface area contributed by atoms with E-state index in [0.717, 1.165) is 64.9 Å². The standard InChI is InChI=1S/C22H23ClN2O2/c1-25(12-5-8-15-6-3-2-4-7-15)13-11-16-18(23)9-10-19-20(16)17(14-25)21(27-19)22(24)26/h2-4,6-7,9-10H,5,8,11-14H2,1H3,(H-,24,26)/p+1. The molecule has 27 heavy (non-hydrogen) atoms. The van der Waals surface area contributed by atoms with Gasteiger partial charge in [0.1, 0.15) is 12.1 Å². The minimum atomic E-state index is -0.513. The molecule has 0 saturated heterocycles. The van der Waals surface area contributed by atoms with Gasteiger partial charge in [0.15, 0.2) is 0 Å². The van der Waals surface area contributed by atoms with Gasteiger partial charge in [-0.1, -0.05) is 41.9 Å². The van der Waals surface area contributed by atoms with Gasteiger partial charge in [-0.05, 0) is 29.7 Å². The second-order valence-electron chi connectivity index (χ2n) is 7.74. The van der Waals surface area contributed by atoms with Gasteiger partial charge in [0.2, 0.25) is 5.76 Å². The molecule has 3 aromatic rings. The molecule has 140 valence electrons. The summed E-state index contributed by atoms with van der Waals surface area (Å²) in [4.78, 5) is 12.0. The van der Waals surface area contributed by atoms with Crippen LogP contribution in [0.4, 0.5) is 0 Å². The molecule has 0 saturated carbocycles. The molecule has 1 aliphatic rings. The molecule has 0 fully saturated rings. The molecule has 1 aliphatic heterocycles. The van der Waals surface area contributed by atoms with Crippen molar-refractivity contribution in [3.8, 4) is 0 Å². The molecule has 4 rings (SSSR count). The fourth-order valence-electron chi connectivity index (χ4n) is 4.24. The Hall–Kier alpha value is -2.30. The lowest BCUT2D eigenvalue weighted by Crippen LogP contribution is -2.45. The fraction of sp³-hybridized carbons (Fsp3) is 0.318. The summed E-state index contributed by atoms with van der Waals surface area (Å²) in [7, 11) is 2.24. The van der Waals surface area contributed by atoms with E-state index >= 15 is 0 Å². The van der Waals surface area contributed by atoms with Crippen molar-refractivity contribution in [3.63, 3.8) is 0 Å². The maximum Gasteiger partial charge on any atom is 0.284 e. The van der Waals surface area contributed by atoms with Crippen LogP contribution < -0.4 is 5.73 Å². The molecule has 2 heterocycles. The summed E-state index contributed by atoms with van der Waals surface area (Å²) in [6, 6.07) is 14.2. The number of nitrogens with two attached hydrogens (primary N) is 1. The van der Waals surface area contributed by atoms with Crippen molar-refractivity contribution in [1.29, 1.82) is 0 Å². The maximum atomic E-state index is 12.0. The number of carbonyl (C=O) groups is 1. The molecule has 1 atom stereocenters. The highest BCUT2D eigenvalue weighted by Crippen LogP contribution is 2.37. The van der Waals surface area contributed by atoms with Crippen LogP contribution in [0.1, 0.15) is 33.7 Å². The number of hydrogen-bond acceptors (Lipinski definition) is 2. The quantitative estimate of drug-likeness (QED) is 0.667. The third-order valence-electron chi connectivity index (χ3n) is 5.68. The molecule has 2 N–H and O–H groups in total. The Morgan fingerprint density at radius 2 is 1.96 bits per heavy atom. The highest BCUT2D eigenvalue weighted by molar-refractivity contribution is 6.32. The molecule has 1 amide bonds. The van der Waals surface area contributed by atoms with Crippen LogP contribution in [0, 0.1) is 0 Å². The number of primary amides is 1. The first-order valence-electron chi connectivity index (χ1n) is 9.37. The zero-order chi connectivity index (χ0) is 19.0. The number of halogens is 1. The third kappa shape index (κ3) is 3.47. The molecular weight excluding hydrogens is 360 g/mol. The van der Waals surface area contributed by atoms with Crippen LogP contribution in [-0.4, -0.2) is 30.5 Å². The number of rotatable bonds is 5. The first kappa shape index (κ1) is 18.1. The van der Waals surface area contributed by atoms with Crippen molar-refractivity contribution >= 4 is 28.5 Å². The number of carbonyl (C=O) groups excluding carboxylic acids is 1. The van der Waals surface area contributed by atoms with Gasteiger partial charge in [-0.3, -0.25) is 4.79 Å². The first-order valence-corrected chi connectivity index (χ1v) is 9.75. The summed E-state index contributed by atoms with van der Waals surface area (Å²) in [5.74, 6) is -0.233. The van der Waals surface area contributed by atoms with E-state index in [-0.39, 0.29) is 5.76 Å². The molecule has 0 radical (unpaired) electrons. The Labute approximate surface area is 164 Å². The summed E-state index contributed by atoms with van der Waals surface area (Å²) in [5, 5.41) is 1.72. The van der Waals surface area contributed by atoms with Crippen LogP contribution in [0.5, 0.6) is 0 Å². The van der Waals surface area contributed by atoms with Gasteiger partial charge in [0.05, 0.1) is 25.7 Å². The molecule has 0 aliphatic carbocycles. The molecule has 1 unspecified atom stereocenters. The number of hydrogen-bond donors (Lipinski definition) is 1. The van der Waals surface area contributed by atoms with Crippen molar-refractivity contribution in [1.82, 2.24) is 0 Å². The average Bonchev–Trinajstić information content (AvgIpc) is 2.92. The van der Waals surface area contributed by atoms with Gasteiger partial charge in [-0.2, -0.15) is 0 Å². The lowest BCUT2D eigenvalue weighted by atomic mass is 10.0. The molecular formula is C22H24ClN2O2+. The van der Waals surface area contributed by atoms with Crippen LogP contribution in [0.25, 0.3) is 11.0 Å². The van der Waals surface area contributed by atoms with E-state index in [1.807, 2.05) is 18.2 Å². The highest BCUT2D eigenvalue weighted by atomic mass is 35.5. The van der Waals surface area contributed by atoms with E-state index in [0.29, 0.717) is 5.58 Å². The Morgan fingerprint density at radius 3 is 2.70 bits per heavy atom. The monoisotopic (exact) mass is 383 g/mol. The zero-order valence-electron chi connectivity index (χ0n) is 15.5. The Balaban J connectivity index is 1.63. The SMILES string of the molecule is C[N+]1(CCCc2ccccc2)CCc2c(Cl)ccc3oc(C(N)=O)c(c23)C1. The van der Waals surface area contributed by atoms with E-state index in [9.17, 15) is 4.79 Å². The van der Waals surface area contributed by atoms with Crippen molar-refractivity contribution in [2.24, 2.45) is 5.73 Å². The minimum Gasteiger partial charge on any atom is -0.450 e. The van der Waals surface area contributed by atoms with Crippen molar-refractivity contribution in [2.45, 2.75) is 25.8 Å². The summed E-state index contributed by atoms with van der Waals surface area (Å²) in [5.41, 5.74) is 9.66. The highest BCUT2D eigenvalue weighted by Gasteiger charge is 2.33. The third-order valence-corrected chi connectivity index (χ3v) is 6.03. The lowest BCUT2D eigenvalue weighted by Gasteiger charge is -2.33. The van der Waals surface area contributed by atoms with Crippen LogP contribution in [0.2, 0.25) is 5.02 Å². The molecule has 1 aromatic heterocycles. The predicted octanol–water partition coefficient (Wildman–Crippen LogP) is 4.32. The van der Waals surface area contributed by atoms with E-state index in [4.69, 9.17) is 21.8 Å². The van der Waals surface area contributed by atoms with Crippen molar-refractivity contribution < 1.29 is 13.7 Å². The van der Waals surface area contributed by atoms with Crippen molar-refractivity contribution in [2.75, 3.05) is 20.1 Å². The normalized spacial score (nSPS) is 19.2. The van der Waals surface area contributed by atoms with Gasteiger partial charge in [0.25, 0.3) is 5.91 Å². The summed E-state index contributed by atoms with van der Waals surface area (Å²) in [6.07, 6.45) is 2.99. The zero-order valence-corrected chi connectivity index (χ0v) is 16.3. The number of benzene rings is 2. The second-order valence-corrected chi connectivity index (χ2v) is 8.14. The number of furan rings is 1. The van der Waals surface area contributed by atoms with Crippen LogP contribution >= 0.6 is 11.6 Å². The van der Waals surface area contributed by atoms with Gasteiger partial charge < -0.3 is 14.6 Å². The summed E-state index contributed by atoms with van der Waals surface area (Å²) >= 11 is 6.48. The fourth-order valence-corrected chi connectivity index (χ4v) is 4.49.